The number of nitrogens with zero attached hydrogens (tertiary/aromatic N) is 4. The lowest BCUT2D eigenvalue weighted by Gasteiger charge is -2.04. The average Bonchev–Trinajstić information content (AvgIpc) is 2.82. The number of carbonyl (C=O) groups excluding carboxylic acids is 2. The third kappa shape index (κ3) is 1.61. The van der Waals surface area contributed by atoms with E-state index in [1.54, 1.807) is 0 Å². The number of nitrogen functional groups attached to an aromatic ring is 1. The van der Waals surface area contributed by atoms with Crippen LogP contribution in [0.1, 0.15) is 20.8 Å². The quantitative estimate of drug-likeness (QED) is 0.589. The third-order valence-electron chi connectivity index (χ3n) is 2.37. The van der Waals surface area contributed by atoms with Crippen LogP contribution in [0.3, 0.4) is 0 Å². The summed E-state index contributed by atoms with van der Waals surface area (Å²) in [5, 5.41) is 16.2. The highest BCUT2D eigenvalue weighted by molar-refractivity contribution is 6.00. The summed E-state index contributed by atoms with van der Waals surface area (Å²) in [6.45, 7) is 0. The second-order valence-electron chi connectivity index (χ2n) is 3.39. The minimum Gasteiger partial charge on any atom is -0.382 e. The molecule has 2 aromatic rings. The van der Waals surface area contributed by atoms with Crippen LogP contribution in [-0.2, 0) is 0 Å². The standard InChI is InChI=1S/C9H11N7O2/c1-11-8(17)4-3-13-16-6(10)5(9(18)12-2)14-15-7(4)16/h3H,10H2,1-2H3,(H,11,17)(H,12,18). The fourth-order valence-corrected chi connectivity index (χ4v) is 1.44. The maximum Gasteiger partial charge on any atom is 0.275 e. The van der Waals surface area contributed by atoms with Crippen molar-refractivity contribution in [2.75, 3.05) is 19.8 Å². The largest absolute Gasteiger partial charge is 0.382 e. The highest BCUT2D eigenvalue weighted by Crippen LogP contribution is 2.13. The highest BCUT2D eigenvalue weighted by Gasteiger charge is 2.19. The van der Waals surface area contributed by atoms with Gasteiger partial charge in [-0.15, -0.1) is 10.2 Å². The molecular weight excluding hydrogens is 238 g/mol. The van der Waals surface area contributed by atoms with Gasteiger partial charge in [-0.2, -0.15) is 9.61 Å². The summed E-state index contributed by atoms with van der Waals surface area (Å²) in [5.41, 5.74) is 6.14. The first-order chi connectivity index (χ1) is 8.60. The van der Waals surface area contributed by atoms with Gasteiger partial charge in [0, 0.05) is 14.1 Å². The number of hydrogen-bond acceptors (Lipinski definition) is 6. The Hall–Kier alpha value is -2.71. The molecule has 0 atom stereocenters. The summed E-state index contributed by atoms with van der Waals surface area (Å²) in [4.78, 5) is 23.0. The minimum atomic E-state index is -0.473. The van der Waals surface area contributed by atoms with E-state index in [0.717, 1.165) is 0 Å². The summed E-state index contributed by atoms with van der Waals surface area (Å²) in [7, 11) is 2.94. The van der Waals surface area contributed by atoms with Crippen molar-refractivity contribution in [1.82, 2.24) is 30.4 Å². The van der Waals surface area contributed by atoms with E-state index in [0.29, 0.717) is 0 Å². The van der Waals surface area contributed by atoms with Crippen molar-refractivity contribution in [1.29, 1.82) is 0 Å². The van der Waals surface area contributed by atoms with Gasteiger partial charge in [0.15, 0.2) is 17.2 Å². The van der Waals surface area contributed by atoms with Crippen LogP contribution in [0, 0.1) is 0 Å². The van der Waals surface area contributed by atoms with Crippen LogP contribution in [0.15, 0.2) is 6.20 Å². The maximum absolute atomic E-state index is 11.5. The molecule has 2 amide bonds. The van der Waals surface area contributed by atoms with Crippen molar-refractivity contribution in [3.63, 3.8) is 0 Å². The first-order valence-electron chi connectivity index (χ1n) is 5.04. The molecule has 0 fully saturated rings. The van der Waals surface area contributed by atoms with Crippen molar-refractivity contribution < 1.29 is 9.59 Å². The molecule has 0 aliphatic carbocycles. The molecule has 0 radical (unpaired) electrons. The molecule has 9 heteroatoms. The number of hydrogen-bond donors (Lipinski definition) is 3. The van der Waals surface area contributed by atoms with Gasteiger partial charge in [-0.05, 0) is 0 Å². The van der Waals surface area contributed by atoms with Crippen LogP contribution in [0.2, 0.25) is 0 Å². The molecule has 94 valence electrons. The van der Waals surface area contributed by atoms with E-state index in [2.05, 4.69) is 25.9 Å². The van der Waals surface area contributed by atoms with Crippen molar-refractivity contribution in [3.8, 4) is 0 Å². The van der Waals surface area contributed by atoms with Gasteiger partial charge < -0.3 is 16.4 Å². The summed E-state index contributed by atoms with van der Waals surface area (Å²) in [6.07, 6.45) is 1.31. The number of anilines is 1. The Bertz CT molecular complexity index is 633. The Morgan fingerprint density at radius 3 is 2.50 bits per heavy atom. The Labute approximate surface area is 101 Å². The predicted molar refractivity (Wildman–Crippen MR) is 62.0 cm³/mol. The zero-order chi connectivity index (χ0) is 13.3. The fraction of sp³-hybridized carbons (Fsp3) is 0.222. The molecule has 0 spiro atoms. The zero-order valence-corrected chi connectivity index (χ0v) is 9.76. The van der Waals surface area contributed by atoms with Crippen LogP contribution in [0.25, 0.3) is 5.65 Å². The Kier molecular flexibility index (Phi) is 2.80. The summed E-state index contributed by atoms with van der Waals surface area (Å²) < 4.78 is 1.20. The van der Waals surface area contributed by atoms with E-state index < -0.39 is 5.91 Å². The molecule has 4 N–H and O–H groups in total. The van der Waals surface area contributed by atoms with E-state index in [4.69, 9.17) is 5.73 Å². The lowest BCUT2D eigenvalue weighted by molar-refractivity contribution is 0.0953. The molecule has 0 aliphatic heterocycles. The predicted octanol–water partition coefficient (Wildman–Crippen LogP) is -1.57. The molecule has 0 aromatic carbocycles. The lowest BCUT2D eigenvalue weighted by Crippen LogP contribution is -2.23. The number of fused-ring (bicyclic) bond motifs is 1. The second-order valence-corrected chi connectivity index (χ2v) is 3.39. The molecule has 0 saturated heterocycles. The van der Waals surface area contributed by atoms with E-state index in [1.165, 1.54) is 24.8 Å². The Morgan fingerprint density at radius 2 is 1.89 bits per heavy atom. The van der Waals surface area contributed by atoms with Gasteiger partial charge in [-0.25, -0.2) is 0 Å². The summed E-state index contributed by atoms with van der Waals surface area (Å²) in [5.74, 6) is -0.806. The van der Waals surface area contributed by atoms with Crippen LogP contribution < -0.4 is 16.4 Å². The van der Waals surface area contributed by atoms with Crippen LogP contribution >= 0.6 is 0 Å². The zero-order valence-electron chi connectivity index (χ0n) is 9.76. The van der Waals surface area contributed by atoms with Crippen molar-refractivity contribution in [3.05, 3.63) is 17.5 Å². The Morgan fingerprint density at radius 1 is 1.22 bits per heavy atom. The van der Waals surface area contributed by atoms with Crippen LogP contribution in [-0.4, -0.2) is 45.7 Å². The highest BCUT2D eigenvalue weighted by atomic mass is 16.2. The van der Waals surface area contributed by atoms with Gasteiger partial charge in [-0.1, -0.05) is 0 Å². The van der Waals surface area contributed by atoms with Crippen molar-refractivity contribution in [2.24, 2.45) is 0 Å². The molecule has 0 aliphatic rings. The van der Waals surface area contributed by atoms with E-state index in [9.17, 15) is 9.59 Å². The van der Waals surface area contributed by atoms with Gasteiger partial charge in [0.1, 0.15) is 5.56 Å². The van der Waals surface area contributed by atoms with Gasteiger partial charge in [0.05, 0.1) is 6.20 Å². The number of rotatable bonds is 2. The van der Waals surface area contributed by atoms with E-state index >= 15 is 0 Å². The normalized spacial score (nSPS) is 10.3. The minimum absolute atomic E-state index is 0.0227. The van der Waals surface area contributed by atoms with Gasteiger partial charge in [0.25, 0.3) is 11.8 Å². The summed E-state index contributed by atoms with van der Waals surface area (Å²) >= 11 is 0. The number of carbonyl (C=O) groups is 2. The lowest BCUT2D eigenvalue weighted by atomic mass is 10.3. The van der Waals surface area contributed by atoms with Gasteiger partial charge >= 0.3 is 0 Å². The molecule has 2 heterocycles. The van der Waals surface area contributed by atoms with Crippen LogP contribution in [0.5, 0.6) is 0 Å². The second kappa shape index (κ2) is 4.28. The first kappa shape index (κ1) is 11.8. The Balaban J connectivity index is 2.64. The third-order valence-corrected chi connectivity index (χ3v) is 2.37. The topological polar surface area (TPSA) is 127 Å². The smallest absolute Gasteiger partial charge is 0.275 e. The van der Waals surface area contributed by atoms with E-state index in [1.807, 2.05) is 0 Å². The molecule has 9 nitrogen and oxygen atoms in total. The molecule has 0 unspecified atom stereocenters. The van der Waals surface area contributed by atoms with Crippen molar-refractivity contribution in [2.45, 2.75) is 0 Å². The van der Waals surface area contributed by atoms with Crippen LogP contribution in [0.4, 0.5) is 5.82 Å². The maximum atomic E-state index is 11.5. The molecule has 2 aromatic heterocycles. The molecular formula is C9H11N7O2. The number of aromatic nitrogens is 4. The average molecular weight is 249 g/mol. The van der Waals surface area contributed by atoms with Gasteiger partial charge in [-0.3, -0.25) is 9.59 Å². The molecule has 18 heavy (non-hydrogen) atoms. The molecule has 0 bridgehead atoms. The first-order valence-corrected chi connectivity index (χ1v) is 5.04. The number of nitrogens with one attached hydrogen (secondary N) is 2. The SMILES string of the molecule is CNC(=O)c1nnc2c(C(=O)NC)cnn2c1N. The summed E-state index contributed by atoms with van der Waals surface area (Å²) in [6, 6.07) is 0. The fourth-order valence-electron chi connectivity index (χ4n) is 1.44. The van der Waals surface area contributed by atoms with Crippen molar-refractivity contribution >= 4 is 23.3 Å². The molecule has 2 rings (SSSR count). The molecule has 0 saturated carbocycles. The van der Waals surface area contributed by atoms with E-state index in [-0.39, 0.29) is 28.6 Å². The number of nitrogens with two attached hydrogens (primary N) is 1. The number of amides is 2. The monoisotopic (exact) mass is 249 g/mol. The van der Waals surface area contributed by atoms with Gasteiger partial charge in [0.2, 0.25) is 0 Å².